The van der Waals surface area contributed by atoms with Crippen molar-refractivity contribution in [2.75, 3.05) is 75.0 Å². The number of halogens is 2. The van der Waals surface area contributed by atoms with Crippen LogP contribution in [0, 0.1) is 15.5 Å². The number of aromatic nitrogens is 1. The number of pyridine rings is 1. The molecule has 4 aliphatic rings. The van der Waals surface area contributed by atoms with E-state index in [2.05, 4.69) is 55.7 Å². The fourth-order valence-corrected chi connectivity index (χ4v) is 9.84. The maximum Gasteiger partial charge on any atom is 0.293 e. The Morgan fingerprint density at radius 2 is 1.79 bits per heavy atom. The fourth-order valence-electron chi connectivity index (χ4n) is 8.57. The number of nitrogens with two attached hydrogens (primary N) is 1. The van der Waals surface area contributed by atoms with Gasteiger partial charge in [0.15, 0.2) is 0 Å². The molecule has 0 spiro atoms. The number of nitro benzene ring substituents is 1. The van der Waals surface area contributed by atoms with E-state index in [0.29, 0.717) is 38.9 Å². The van der Waals surface area contributed by atoms with E-state index in [0.717, 1.165) is 68.6 Å². The van der Waals surface area contributed by atoms with Gasteiger partial charge in [0.05, 0.1) is 45.9 Å². The number of sulfonamides is 1. The predicted octanol–water partition coefficient (Wildman–Crippen LogP) is 7.46. The first kappa shape index (κ1) is 43.7. The van der Waals surface area contributed by atoms with Gasteiger partial charge in [-0.2, -0.15) is 0 Å². The van der Waals surface area contributed by atoms with E-state index in [-0.39, 0.29) is 45.0 Å². The molecule has 0 bridgehead atoms. The Bertz CT molecular complexity index is 2490. The van der Waals surface area contributed by atoms with Gasteiger partial charge in [-0.05, 0) is 78.6 Å². The second kappa shape index (κ2) is 18.0. The van der Waals surface area contributed by atoms with Crippen molar-refractivity contribution in [3.8, 4) is 11.5 Å². The topological polar surface area (TPSA) is 186 Å². The summed E-state index contributed by atoms with van der Waals surface area (Å²) < 4.78 is 40.9. The molecule has 4 heterocycles. The smallest absolute Gasteiger partial charge is 0.293 e. The lowest BCUT2D eigenvalue weighted by molar-refractivity contribution is -0.384. The van der Waals surface area contributed by atoms with Crippen molar-refractivity contribution in [1.82, 2.24) is 19.5 Å². The standard InChI is InChI=1S/C44H50Cl2N8O7S/c1-44(2)13-11-29(37(22-44)28-3-5-30(45)6-4-28)24-51-15-17-52(18-16-51)32-7-9-36(41(19-32)61-34-20-38(46)42(47)48-23-34)43(55)50-62(58,59)35-8-10-39(40(21-35)54(56)57)49-31-12-14-53(25-31)33-26-60-27-33/h3-10,19-21,23,31,33,49H,11-18,22,24-27H2,1-2H3,(H2,47,48)(H,50,55)/t31-/m1/s1. The van der Waals surface area contributed by atoms with Gasteiger partial charge in [0.25, 0.3) is 21.6 Å². The van der Waals surface area contributed by atoms with Crippen LogP contribution in [0.4, 0.5) is 22.9 Å². The summed E-state index contributed by atoms with van der Waals surface area (Å²) in [5.74, 6) is -0.685. The van der Waals surface area contributed by atoms with Crippen LogP contribution in [0.1, 0.15) is 55.5 Å². The SMILES string of the molecule is CC1(C)CCC(CN2CCN(c3ccc(C(=O)NS(=O)(=O)c4ccc(N[C@@H]5CCN(C6COC6)C5)c([N+](=O)[O-])c4)c(Oc4cnc(N)c(Cl)c4)c3)CC2)=C(c2ccc(Cl)cc2)C1. The third-order valence-corrected chi connectivity index (χ3v) is 14.1. The summed E-state index contributed by atoms with van der Waals surface area (Å²) in [6, 6.07) is 18.3. The number of nitro groups is 1. The molecule has 0 radical (unpaired) electrons. The average Bonchev–Trinajstić information content (AvgIpc) is 3.66. The van der Waals surface area contributed by atoms with E-state index in [4.69, 9.17) is 38.4 Å². The minimum absolute atomic E-state index is 0.0486. The van der Waals surface area contributed by atoms with Crippen molar-refractivity contribution in [2.24, 2.45) is 5.41 Å². The highest BCUT2D eigenvalue weighted by Gasteiger charge is 2.34. The number of carbonyl (C=O) groups is 1. The number of amides is 1. The van der Waals surface area contributed by atoms with E-state index in [1.165, 1.54) is 47.2 Å². The van der Waals surface area contributed by atoms with E-state index >= 15 is 0 Å². The molecule has 0 unspecified atom stereocenters. The van der Waals surface area contributed by atoms with Gasteiger partial charge in [0.1, 0.15) is 23.0 Å². The molecule has 3 aliphatic heterocycles. The zero-order valence-corrected chi connectivity index (χ0v) is 36.9. The highest BCUT2D eigenvalue weighted by molar-refractivity contribution is 7.90. The van der Waals surface area contributed by atoms with Gasteiger partial charge < -0.3 is 25.4 Å². The molecule has 3 fully saturated rings. The Labute approximate surface area is 371 Å². The lowest BCUT2D eigenvalue weighted by Crippen LogP contribution is -2.48. The first-order valence-electron chi connectivity index (χ1n) is 20.7. The molecule has 3 aromatic carbocycles. The Morgan fingerprint density at radius 3 is 2.48 bits per heavy atom. The summed E-state index contributed by atoms with van der Waals surface area (Å²) in [6.45, 7) is 11.3. The number of nitrogens with one attached hydrogen (secondary N) is 2. The number of carbonyl (C=O) groups excluding carboxylic acids is 1. The third-order valence-electron chi connectivity index (χ3n) is 12.2. The van der Waals surface area contributed by atoms with Crippen LogP contribution in [0.15, 0.2) is 83.4 Å². The van der Waals surface area contributed by atoms with Gasteiger partial charge in [-0.3, -0.25) is 24.7 Å². The molecule has 15 nitrogen and oxygen atoms in total. The van der Waals surface area contributed by atoms with Crippen LogP contribution in [0.5, 0.6) is 11.5 Å². The maximum absolute atomic E-state index is 13.9. The molecular weight excluding hydrogens is 856 g/mol. The summed E-state index contributed by atoms with van der Waals surface area (Å²) in [5, 5.41) is 16.3. The molecule has 0 saturated carbocycles. The van der Waals surface area contributed by atoms with Crippen molar-refractivity contribution in [3.05, 3.63) is 110 Å². The number of anilines is 3. The molecule has 8 rings (SSSR count). The molecule has 18 heteroatoms. The number of allylic oxidation sites excluding steroid dienone is 1. The van der Waals surface area contributed by atoms with Gasteiger partial charge in [0.2, 0.25) is 0 Å². The first-order chi connectivity index (χ1) is 29.6. The van der Waals surface area contributed by atoms with Crippen molar-refractivity contribution in [1.29, 1.82) is 0 Å². The summed E-state index contributed by atoms with van der Waals surface area (Å²) in [7, 11) is -4.59. The van der Waals surface area contributed by atoms with Crippen LogP contribution in [0.3, 0.4) is 0 Å². The van der Waals surface area contributed by atoms with Crippen LogP contribution >= 0.6 is 23.2 Å². The number of ether oxygens (including phenoxy) is 2. The van der Waals surface area contributed by atoms with Gasteiger partial charge in [-0.15, -0.1) is 0 Å². The number of benzene rings is 3. The highest BCUT2D eigenvalue weighted by Crippen LogP contribution is 2.43. The molecule has 4 N–H and O–H groups in total. The molecule has 1 aliphatic carbocycles. The maximum atomic E-state index is 13.9. The molecule has 1 amide bonds. The molecule has 1 aromatic heterocycles. The van der Waals surface area contributed by atoms with Gasteiger partial charge in [0, 0.05) is 80.8 Å². The monoisotopic (exact) mass is 904 g/mol. The van der Waals surface area contributed by atoms with Crippen LogP contribution < -0.4 is 25.4 Å². The van der Waals surface area contributed by atoms with Crippen molar-refractivity contribution in [3.63, 3.8) is 0 Å². The van der Waals surface area contributed by atoms with E-state index < -0.39 is 31.4 Å². The zero-order valence-electron chi connectivity index (χ0n) is 34.6. The molecule has 62 heavy (non-hydrogen) atoms. The van der Waals surface area contributed by atoms with Crippen LogP contribution in [0.2, 0.25) is 10.0 Å². The van der Waals surface area contributed by atoms with Gasteiger partial charge >= 0.3 is 0 Å². The van der Waals surface area contributed by atoms with E-state index in [9.17, 15) is 23.3 Å². The summed E-state index contributed by atoms with van der Waals surface area (Å²) in [6.07, 6.45) is 5.28. The van der Waals surface area contributed by atoms with Crippen LogP contribution in [0.25, 0.3) is 5.57 Å². The number of nitrogens with zero attached hydrogens (tertiary/aromatic N) is 5. The van der Waals surface area contributed by atoms with Gasteiger partial charge in [-0.25, -0.2) is 18.1 Å². The third kappa shape index (κ3) is 9.96. The minimum Gasteiger partial charge on any atom is -0.455 e. The minimum atomic E-state index is -4.59. The normalized spacial score (nSPS) is 19.9. The molecule has 3 saturated heterocycles. The van der Waals surface area contributed by atoms with E-state index in [1.807, 2.05) is 12.1 Å². The number of piperazine rings is 1. The zero-order chi connectivity index (χ0) is 43.8. The lowest BCUT2D eigenvalue weighted by atomic mass is 9.72. The van der Waals surface area contributed by atoms with Crippen LogP contribution in [-0.2, 0) is 14.8 Å². The Balaban J connectivity index is 0.986. The molecule has 1 atom stereocenters. The number of likely N-dealkylation sites (tertiary alicyclic amines) is 1. The predicted molar refractivity (Wildman–Crippen MR) is 241 cm³/mol. The van der Waals surface area contributed by atoms with Crippen molar-refractivity contribution < 1.29 is 27.6 Å². The number of nitrogen functional groups attached to an aromatic ring is 1. The first-order valence-corrected chi connectivity index (χ1v) is 23.0. The largest absolute Gasteiger partial charge is 0.455 e. The quantitative estimate of drug-likeness (QED) is 0.0888. The molecule has 328 valence electrons. The average molecular weight is 906 g/mol. The Morgan fingerprint density at radius 1 is 1.03 bits per heavy atom. The highest BCUT2D eigenvalue weighted by atomic mass is 35.5. The summed E-state index contributed by atoms with van der Waals surface area (Å²) >= 11 is 12.5. The summed E-state index contributed by atoms with van der Waals surface area (Å²) in [5.41, 5.74) is 10.6. The van der Waals surface area contributed by atoms with Gasteiger partial charge in [-0.1, -0.05) is 54.8 Å². The lowest BCUT2D eigenvalue weighted by Gasteiger charge is -2.39. The second-order valence-corrected chi connectivity index (χ2v) is 19.7. The summed E-state index contributed by atoms with van der Waals surface area (Å²) in [4.78, 5) is 36.0. The van der Waals surface area contributed by atoms with E-state index in [1.54, 1.807) is 12.1 Å². The molecule has 4 aromatic rings. The second-order valence-electron chi connectivity index (χ2n) is 17.2. The van der Waals surface area contributed by atoms with Crippen molar-refractivity contribution in [2.45, 2.75) is 56.5 Å². The Hall–Kier alpha value is -4.97. The number of hydrogen-bond acceptors (Lipinski definition) is 13. The Kier molecular flexibility index (Phi) is 12.7. The van der Waals surface area contributed by atoms with Crippen molar-refractivity contribution >= 4 is 67.6 Å². The molecular formula is C44H50Cl2N8O7S. The fraction of sp³-hybridized carbons (Fsp3) is 0.409. The van der Waals surface area contributed by atoms with Crippen LogP contribution in [-0.4, -0.2) is 105 Å². The number of hydrogen-bond donors (Lipinski definition) is 3. The number of rotatable bonds is 13.